The molecule has 1 aliphatic heterocycles. The number of hydrogen-bond acceptors (Lipinski definition) is 5. The predicted molar refractivity (Wildman–Crippen MR) is 88.9 cm³/mol. The summed E-state index contributed by atoms with van der Waals surface area (Å²) in [5, 5.41) is 0. The molecule has 1 amide bonds. The Kier molecular flexibility index (Phi) is 6.41. The first-order valence-electron chi connectivity index (χ1n) is 7.87. The van der Waals surface area contributed by atoms with Crippen LogP contribution in [0.5, 0.6) is 5.75 Å². The number of carbonyl (C=O) groups is 1. The predicted octanol–water partition coefficient (Wildman–Crippen LogP) is 1.17. The van der Waals surface area contributed by atoms with Gasteiger partial charge in [0, 0.05) is 6.54 Å². The normalized spacial score (nSPS) is 16.0. The number of sulfonamides is 1. The van der Waals surface area contributed by atoms with Gasteiger partial charge in [-0.1, -0.05) is 18.6 Å². The molecular weight excluding hydrogens is 316 g/mol. The molecule has 0 saturated carbocycles. The molecule has 0 aromatic heterocycles. The van der Waals surface area contributed by atoms with Gasteiger partial charge in [-0.15, -0.1) is 0 Å². The lowest BCUT2D eigenvalue weighted by Gasteiger charge is -2.26. The van der Waals surface area contributed by atoms with E-state index in [1.807, 2.05) is 4.72 Å². The highest BCUT2D eigenvalue weighted by Gasteiger charge is 2.10. The van der Waals surface area contributed by atoms with E-state index in [4.69, 9.17) is 4.74 Å². The molecule has 6 nitrogen and oxygen atoms in total. The minimum absolute atomic E-state index is 0.0289. The van der Waals surface area contributed by atoms with Gasteiger partial charge < -0.3 is 4.74 Å². The lowest BCUT2D eigenvalue weighted by Crippen LogP contribution is -2.33. The summed E-state index contributed by atoms with van der Waals surface area (Å²) < 4.78 is 29.6. The summed E-state index contributed by atoms with van der Waals surface area (Å²) in [4.78, 5) is 13.9. The molecule has 0 aliphatic carbocycles. The van der Waals surface area contributed by atoms with Gasteiger partial charge in [0.05, 0.1) is 12.7 Å². The van der Waals surface area contributed by atoms with Gasteiger partial charge >= 0.3 is 0 Å². The third kappa shape index (κ3) is 7.00. The maximum Gasteiger partial charge on any atom is 0.237 e. The lowest BCUT2D eigenvalue weighted by molar-refractivity contribution is -0.118. The fraction of sp³-hybridized carbons (Fsp3) is 0.562. The number of nitrogens with one attached hydrogen (secondary N) is 1. The third-order valence-electron chi connectivity index (χ3n) is 3.71. The quantitative estimate of drug-likeness (QED) is 0.806. The Labute approximate surface area is 137 Å². The molecule has 128 valence electrons. The van der Waals surface area contributed by atoms with Crippen LogP contribution < -0.4 is 9.46 Å². The van der Waals surface area contributed by atoms with Crippen molar-refractivity contribution in [2.45, 2.75) is 25.7 Å². The second kappa shape index (κ2) is 8.31. The van der Waals surface area contributed by atoms with Crippen LogP contribution in [0.2, 0.25) is 0 Å². The van der Waals surface area contributed by atoms with Crippen LogP contribution in [0, 0.1) is 0 Å². The first-order chi connectivity index (χ1) is 10.9. The van der Waals surface area contributed by atoms with Gasteiger partial charge in [0.2, 0.25) is 15.9 Å². The molecular formula is C16H24N2O4S. The van der Waals surface area contributed by atoms with Gasteiger partial charge in [-0.2, -0.15) is 0 Å². The number of ether oxygens (including phenoxy) is 1. The van der Waals surface area contributed by atoms with Gasteiger partial charge in [-0.3, -0.25) is 14.4 Å². The minimum Gasteiger partial charge on any atom is -0.492 e. The summed E-state index contributed by atoms with van der Waals surface area (Å²) in [7, 11) is -3.50. The zero-order valence-corrected chi connectivity index (χ0v) is 14.3. The molecule has 7 heteroatoms. The zero-order valence-electron chi connectivity index (χ0n) is 13.5. The van der Waals surface area contributed by atoms with Crippen LogP contribution in [0.3, 0.4) is 0 Å². The van der Waals surface area contributed by atoms with Gasteiger partial charge in [0.1, 0.15) is 12.4 Å². The monoisotopic (exact) mass is 340 g/mol. The van der Waals surface area contributed by atoms with Crippen LogP contribution in [0.4, 0.5) is 0 Å². The fourth-order valence-corrected chi connectivity index (χ4v) is 3.09. The van der Waals surface area contributed by atoms with E-state index in [0.717, 1.165) is 37.2 Å². The molecule has 23 heavy (non-hydrogen) atoms. The molecule has 1 aromatic carbocycles. The summed E-state index contributed by atoms with van der Waals surface area (Å²) in [6.45, 7) is 3.88. The first kappa shape index (κ1) is 17.7. The highest BCUT2D eigenvalue weighted by atomic mass is 32.2. The first-order valence-corrected chi connectivity index (χ1v) is 9.76. The lowest BCUT2D eigenvalue weighted by atomic mass is 10.1. The molecule has 1 fully saturated rings. The third-order valence-corrected chi connectivity index (χ3v) is 4.31. The van der Waals surface area contributed by atoms with E-state index in [0.29, 0.717) is 6.61 Å². The fourth-order valence-electron chi connectivity index (χ4n) is 2.61. The Balaban J connectivity index is 1.74. The number of rotatable bonds is 7. The molecule has 1 aromatic rings. The summed E-state index contributed by atoms with van der Waals surface area (Å²) in [5.41, 5.74) is 0.745. The SMILES string of the molecule is CS(=O)(=O)NC(=O)Cc1ccc(OCCN2CCCCC2)cc1. The largest absolute Gasteiger partial charge is 0.492 e. The molecule has 0 spiro atoms. The van der Waals surface area contributed by atoms with Crippen molar-refractivity contribution in [2.75, 3.05) is 32.5 Å². The second-order valence-electron chi connectivity index (χ2n) is 5.87. The summed E-state index contributed by atoms with van der Waals surface area (Å²) in [6, 6.07) is 7.16. The van der Waals surface area contributed by atoms with Gasteiger partial charge in [0.25, 0.3) is 0 Å². The molecule has 0 atom stereocenters. The Morgan fingerprint density at radius 2 is 1.83 bits per heavy atom. The van der Waals surface area contributed by atoms with E-state index in [-0.39, 0.29) is 6.42 Å². The highest BCUT2D eigenvalue weighted by molar-refractivity contribution is 7.89. The number of likely N-dealkylation sites (tertiary alicyclic amines) is 1. The number of amides is 1. The number of piperidine rings is 1. The summed E-state index contributed by atoms with van der Waals surface area (Å²) in [5.74, 6) is 0.223. The summed E-state index contributed by atoms with van der Waals surface area (Å²) >= 11 is 0. The second-order valence-corrected chi connectivity index (χ2v) is 7.62. The Bertz CT molecular complexity index is 607. The molecule has 1 saturated heterocycles. The van der Waals surface area contributed by atoms with E-state index in [1.54, 1.807) is 24.3 Å². The van der Waals surface area contributed by atoms with E-state index >= 15 is 0 Å². The van der Waals surface area contributed by atoms with E-state index < -0.39 is 15.9 Å². The molecule has 2 rings (SSSR count). The van der Waals surface area contributed by atoms with Crippen LogP contribution in [0.1, 0.15) is 24.8 Å². The number of benzene rings is 1. The molecule has 1 N–H and O–H groups in total. The van der Waals surface area contributed by atoms with Crippen LogP contribution in [0.15, 0.2) is 24.3 Å². The van der Waals surface area contributed by atoms with E-state index in [2.05, 4.69) is 4.90 Å². The van der Waals surface area contributed by atoms with Crippen molar-refractivity contribution in [2.24, 2.45) is 0 Å². The molecule has 0 bridgehead atoms. The minimum atomic E-state index is -3.50. The average Bonchev–Trinajstić information content (AvgIpc) is 2.48. The van der Waals surface area contributed by atoms with Crippen molar-refractivity contribution in [3.05, 3.63) is 29.8 Å². The highest BCUT2D eigenvalue weighted by Crippen LogP contribution is 2.13. The summed E-state index contributed by atoms with van der Waals surface area (Å²) in [6.07, 6.45) is 4.85. The molecule has 1 aliphatic rings. The van der Waals surface area contributed by atoms with E-state index in [9.17, 15) is 13.2 Å². The zero-order chi connectivity index (χ0) is 16.7. The molecule has 1 heterocycles. The van der Waals surface area contributed by atoms with Crippen LogP contribution in [-0.2, 0) is 21.2 Å². The maximum absolute atomic E-state index is 11.5. The van der Waals surface area contributed by atoms with Gasteiger partial charge in [-0.25, -0.2) is 8.42 Å². The average molecular weight is 340 g/mol. The number of carbonyl (C=O) groups excluding carboxylic acids is 1. The van der Waals surface area contributed by atoms with Gasteiger partial charge in [0.15, 0.2) is 0 Å². The van der Waals surface area contributed by atoms with Crippen molar-refractivity contribution in [3.8, 4) is 5.75 Å². The standard InChI is InChI=1S/C16H24N2O4S/c1-23(20,21)17-16(19)13-14-5-7-15(8-6-14)22-12-11-18-9-3-2-4-10-18/h5-8H,2-4,9-13H2,1H3,(H,17,19). The Morgan fingerprint density at radius 1 is 1.17 bits per heavy atom. The molecule has 0 radical (unpaired) electrons. The van der Waals surface area contributed by atoms with Crippen LogP contribution in [0.25, 0.3) is 0 Å². The van der Waals surface area contributed by atoms with Crippen LogP contribution >= 0.6 is 0 Å². The van der Waals surface area contributed by atoms with Gasteiger partial charge in [-0.05, 0) is 43.6 Å². The van der Waals surface area contributed by atoms with Crippen molar-refractivity contribution in [3.63, 3.8) is 0 Å². The van der Waals surface area contributed by atoms with Crippen molar-refractivity contribution in [1.82, 2.24) is 9.62 Å². The topological polar surface area (TPSA) is 75.7 Å². The van der Waals surface area contributed by atoms with Crippen molar-refractivity contribution in [1.29, 1.82) is 0 Å². The Morgan fingerprint density at radius 3 is 2.43 bits per heavy atom. The number of nitrogens with zero attached hydrogens (tertiary/aromatic N) is 1. The molecule has 0 unspecified atom stereocenters. The van der Waals surface area contributed by atoms with E-state index in [1.165, 1.54) is 19.3 Å². The Hall–Kier alpha value is -1.60. The van der Waals surface area contributed by atoms with Crippen molar-refractivity contribution >= 4 is 15.9 Å². The maximum atomic E-state index is 11.5. The van der Waals surface area contributed by atoms with Crippen molar-refractivity contribution < 1.29 is 17.9 Å². The van der Waals surface area contributed by atoms with Crippen LogP contribution in [-0.4, -0.2) is 51.7 Å². The smallest absolute Gasteiger partial charge is 0.237 e. The number of hydrogen-bond donors (Lipinski definition) is 1.